The minimum atomic E-state index is -3.70. The van der Waals surface area contributed by atoms with E-state index < -0.39 is 21.1 Å². The molecule has 1 unspecified atom stereocenters. The van der Waals surface area contributed by atoms with E-state index in [-0.39, 0.29) is 12.4 Å². The van der Waals surface area contributed by atoms with Gasteiger partial charge in [0.1, 0.15) is 0 Å². The molecule has 1 atom stereocenters. The van der Waals surface area contributed by atoms with Crippen molar-refractivity contribution in [3.8, 4) is 0 Å². The van der Waals surface area contributed by atoms with E-state index in [1.165, 1.54) is 0 Å². The first-order chi connectivity index (χ1) is 7.46. The van der Waals surface area contributed by atoms with Gasteiger partial charge in [0.25, 0.3) is 11.9 Å². The molecule has 0 saturated carbocycles. The Morgan fingerprint density at radius 1 is 1.44 bits per heavy atom. The molecule has 1 rings (SSSR count). The van der Waals surface area contributed by atoms with Crippen LogP contribution in [0.5, 0.6) is 0 Å². The Morgan fingerprint density at radius 2 is 2.00 bits per heavy atom. The third-order valence-corrected chi connectivity index (χ3v) is 3.66. The Morgan fingerprint density at radius 3 is 2.44 bits per heavy atom. The number of carbonyl (C=O) groups is 2. The maximum atomic E-state index is 11.8. The molecule has 1 aliphatic rings. The van der Waals surface area contributed by atoms with Gasteiger partial charge in [-0.3, -0.25) is 9.59 Å². The first-order valence-corrected chi connectivity index (χ1v) is 6.94. The van der Waals surface area contributed by atoms with Crippen LogP contribution in [0.2, 0.25) is 0 Å². The van der Waals surface area contributed by atoms with Gasteiger partial charge in [-0.2, -0.15) is 0 Å². The minimum Gasteiger partial charge on any atom is -0.440 e. The van der Waals surface area contributed by atoms with Gasteiger partial charge < -0.3 is 10.1 Å². The lowest BCUT2D eigenvalue weighted by molar-refractivity contribution is -0.141. The molecule has 0 aromatic rings. The lowest BCUT2D eigenvalue weighted by Crippen LogP contribution is -2.41. The smallest absolute Gasteiger partial charge is 0.294 e. The quantitative estimate of drug-likeness (QED) is 0.635. The second-order valence-corrected chi connectivity index (χ2v) is 5.91. The molecule has 16 heavy (non-hydrogen) atoms. The van der Waals surface area contributed by atoms with Crippen LogP contribution in [0.15, 0.2) is 0 Å². The van der Waals surface area contributed by atoms with Crippen LogP contribution in [0.25, 0.3) is 0 Å². The van der Waals surface area contributed by atoms with Crippen LogP contribution < -0.4 is 5.32 Å². The van der Waals surface area contributed by atoms with Crippen LogP contribution in [0, 0.1) is 5.92 Å². The SMILES string of the molecule is CS(=O)(=O)C(OC=O)C(=O)C1CCNCC1. The second kappa shape index (κ2) is 5.40. The van der Waals surface area contributed by atoms with Gasteiger partial charge in [0, 0.05) is 12.2 Å². The standard InChI is InChI=1S/C9H15NO5S/c1-16(13,14)9(15-6-11)8(12)7-2-4-10-5-3-7/h6-7,9-10H,2-5H2,1H3. The highest BCUT2D eigenvalue weighted by Crippen LogP contribution is 2.18. The number of sulfone groups is 1. The summed E-state index contributed by atoms with van der Waals surface area (Å²) in [6, 6.07) is 0. The van der Waals surface area contributed by atoms with Crippen LogP contribution in [0.4, 0.5) is 0 Å². The highest BCUT2D eigenvalue weighted by molar-refractivity contribution is 7.91. The number of ether oxygens (including phenoxy) is 1. The average Bonchev–Trinajstić information content (AvgIpc) is 2.25. The first-order valence-electron chi connectivity index (χ1n) is 4.99. The number of hydrogen-bond donors (Lipinski definition) is 1. The van der Waals surface area contributed by atoms with Gasteiger partial charge in [0.15, 0.2) is 15.6 Å². The summed E-state index contributed by atoms with van der Waals surface area (Å²) in [5, 5.41) is 3.07. The van der Waals surface area contributed by atoms with E-state index in [1.807, 2.05) is 0 Å². The summed E-state index contributed by atoms with van der Waals surface area (Å²) >= 11 is 0. The number of piperidine rings is 1. The predicted molar refractivity (Wildman–Crippen MR) is 56.4 cm³/mol. The number of nitrogens with one attached hydrogen (secondary N) is 1. The maximum absolute atomic E-state index is 11.8. The molecule has 1 N–H and O–H groups in total. The molecule has 0 radical (unpaired) electrons. The van der Waals surface area contributed by atoms with Gasteiger partial charge in [-0.25, -0.2) is 8.42 Å². The largest absolute Gasteiger partial charge is 0.440 e. The number of hydrogen-bond acceptors (Lipinski definition) is 6. The van der Waals surface area contributed by atoms with Crippen molar-refractivity contribution in [3.05, 3.63) is 0 Å². The summed E-state index contributed by atoms with van der Waals surface area (Å²) in [4.78, 5) is 22.0. The van der Waals surface area contributed by atoms with E-state index >= 15 is 0 Å². The van der Waals surface area contributed by atoms with Crippen LogP contribution in [0.1, 0.15) is 12.8 Å². The number of Topliss-reactive ketones (excluding diaryl/α,β-unsaturated/α-hetero) is 1. The number of ketones is 1. The monoisotopic (exact) mass is 249 g/mol. The molecule has 0 aromatic heterocycles. The molecular formula is C9H15NO5S. The van der Waals surface area contributed by atoms with Crippen molar-refractivity contribution in [2.45, 2.75) is 18.3 Å². The van der Waals surface area contributed by atoms with Gasteiger partial charge in [-0.05, 0) is 25.9 Å². The van der Waals surface area contributed by atoms with Crippen molar-refractivity contribution in [3.63, 3.8) is 0 Å². The van der Waals surface area contributed by atoms with Gasteiger partial charge in [-0.15, -0.1) is 0 Å². The zero-order chi connectivity index (χ0) is 12.2. The third-order valence-electron chi connectivity index (χ3n) is 2.54. The minimum absolute atomic E-state index is 0.00466. The summed E-state index contributed by atoms with van der Waals surface area (Å²) in [7, 11) is -3.70. The Hall–Kier alpha value is -0.950. The van der Waals surface area contributed by atoms with E-state index in [1.54, 1.807) is 0 Å². The third kappa shape index (κ3) is 3.28. The summed E-state index contributed by atoms with van der Waals surface area (Å²) in [5.41, 5.74) is -1.65. The molecule has 1 aliphatic heterocycles. The number of carbonyl (C=O) groups excluding carboxylic acids is 2. The van der Waals surface area contributed by atoms with E-state index in [2.05, 4.69) is 10.1 Å². The summed E-state index contributed by atoms with van der Waals surface area (Å²) < 4.78 is 27.0. The topological polar surface area (TPSA) is 89.5 Å². The molecule has 0 aliphatic carbocycles. The molecule has 0 amide bonds. The second-order valence-electron chi connectivity index (χ2n) is 3.82. The van der Waals surface area contributed by atoms with Crippen molar-refractivity contribution in [2.24, 2.45) is 5.92 Å². The fraction of sp³-hybridized carbons (Fsp3) is 0.778. The lowest BCUT2D eigenvalue weighted by Gasteiger charge is -2.24. The Labute approximate surface area is 94.3 Å². The van der Waals surface area contributed by atoms with E-state index in [9.17, 15) is 18.0 Å². The average molecular weight is 249 g/mol. The molecular weight excluding hydrogens is 234 g/mol. The summed E-state index contributed by atoms with van der Waals surface area (Å²) in [6.07, 6.45) is 2.04. The lowest BCUT2D eigenvalue weighted by atomic mass is 9.94. The van der Waals surface area contributed by atoms with Crippen LogP contribution >= 0.6 is 0 Å². The molecule has 0 bridgehead atoms. The van der Waals surface area contributed by atoms with E-state index in [0.717, 1.165) is 6.26 Å². The Bertz CT molecular complexity index is 358. The number of rotatable bonds is 5. The highest BCUT2D eigenvalue weighted by Gasteiger charge is 2.36. The predicted octanol–water partition coefficient (Wildman–Crippen LogP) is -0.901. The van der Waals surface area contributed by atoms with Crippen molar-refractivity contribution in [1.29, 1.82) is 0 Å². The molecule has 1 saturated heterocycles. The molecule has 0 spiro atoms. The summed E-state index contributed by atoms with van der Waals surface area (Å²) in [6.45, 7) is 1.35. The van der Waals surface area contributed by atoms with Gasteiger partial charge in [-0.1, -0.05) is 0 Å². The Kier molecular flexibility index (Phi) is 4.43. The zero-order valence-electron chi connectivity index (χ0n) is 9.01. The molecule has 7 heteroatoms. The molecule has 92 valence electrons. The van der Waals surface area contributed by atoms with E-state index in [0.29, 0.717) is 25.9 Å². The zero-order valence-corrected chi connectivity index (χ0v) is 9.83. The molecule has 0 aromatic carbocycles. The first kappa shape index (κ1) is 13.1. The van der Waals surface area contributed by atoms with Crippen molar-refractivity contribution >= 4 is 22.1 Å². The highest BCUT2D eigenvalue weighted by atomic mass is 32.2. The van der Waals surface area contributed by atoms with Gasteiger partial charge in [0.2, 0.25) is 0 Å². The van der Waals surface area contributed by atoms with Crippen LogP contribution in [0.3, 0.4) is 0 Å². The summed E-state index contributed by atoms with van der Waals surface area (Å²) in [5.74, 6) is -0.864. The van der Waals surface area contributed by atoms with Gasteiger partial charge >= 0.3 is 0 Å². The molecule has 1 fully saturated rings. The van der Waals surface area contributed by atoms with Crippen molar-refractivity contribution in [1.82, 2.24) is 5.32 Å². The fourth-order valence-electron chi connectivity index (χ4n) is 1.73. The van der Waals surface area contributed by atoms with E-state index in [4.69, 9.17) is 0 Å². The fourth-order valence-corrected chi connectivity index (χ4v) is 2.59. The van der Waals surface area contributed by atoms with Crippen LogP contribution in [-0.4, -0.2) is 45.5 Å². The molecule has 1 heterocycles. The maximum Gasteiger partial charge on any atom is 0.294 e. The van der Waals surface area contributed by atoms with Crippen molar-refractivity contribution in [2.75, 3.05) is 19.3 Å². The molecule has 6 nitrogen and oxygen atoms in total. The van der Waals surface area contributed by atoms with Crippen LogP contribution in [-0.2, 0) is 24.2 Å². The van der Waals surface area contributed by atoms with Crippen molar-refractivity contribution < 1.29 is 22.7 Å². The van der Waals surface area contributed by atoms with Gasteiger partial charge in [0.05, 0.1) is 0 Å². The normalized spacial score (nSPS) is 20.1. The Balaban J connectivity index is 2.77.